The van der Waals surface area contributed by atoms with Gasteiger partial charge in [0.05, 0.1) is 37.4 Å². The average Bonchev–Trinajstić information content (AvgIpc) is 2.72. The van der Waals surface area contributed by atoms with E-state index in [1.165, 1.54) is 19.3 Å². The zero-order chi connectivity index (χ0) is 26.6. The zero-order valence-corrected chi connectivity index (χ0v) is 25.5. The topological polar surface area (TPSA) is 63.2 Å². The largest absolute Gasteiger partial charge is 0.460 e. The van der Waals surface area contributed by atoms with Gasteiger partial charge in [-0.3, -0.25) is 4.79 Å². The molecular formula is C29H54O6Si. The molecule has 0 aromatic heterocycles. The highest BCUT2D eigenvalue weighted by Crippen LogP contribution is 2.40. The minimum atomic E-state index is -2.05. The van der Waals surface area contributed by atoms with Gasteiger partial charge in [0.2, 0.25) is 0 Å². The van der Waals surface area contributed by atoms with Crippen molar-refractivity contribution in [2.45, 2.75) is 173 Å². The highest BCUT2D eigenvalue weighted by Gasteiger charge is 2.42. The smallest absolute Gasteiger partial charge is 0.308 e. The first-order chi connectivity index (χ1) is 16.7. The van der Waals surface area contributed by atoms with Gasteiger partial charge in [0.25, 0.3) is 0 Å². The predicted octanol–water partition coefficient (Wildman–Crippen LogP) is 7.29. The van der Waals surface area contributed by atoms with Gasteiger partial charge in [-0.1, -0.05) is 27.2 Å². The molecule has 2 saturated heterocycles. The van der Waals surface area contributed by atoms with E-state index in [1.807, 2.05) is 20.8 Å². The van der Waals surface area contributed by atoms with Crippen LogP contribution in [0.4, 0.5) is 0 Å². The van der Waals surface area contributed by atoms with Crippen molar-refractivity contribution in [3.63, 3.8) is 0 Å². The average molecular weight is 527 g/mol. The quantitative estimate of drug-likeness (QED) is 0.244. The summed E-state index contributed by atoms with van der Waals surface area (Å²) in [6, 6.07) is 0. The monoisotopic (exact) mass is 526 g/mol. The fraction of sp³-hybridized carbons (Fsp3) is 0.966. The predicted molar refractivity (Wildman–Crippen MR) is 146 cm³/mol. The molecule has 6 nitrogen and oxygen atoms in total. The van der Waals surface area contributed by atoms with Crippen LogP contribution >= 0.6 is 0 Å². The van der Waals surface area contributed by atoms with E-state index in [4.69, 9.17) is 23.4 Å². The third-order valence-corrected chi connectivity index (χ3v) is 12.9. The molecule has 3 fully saturated rings. The van der Waals surface area contributed by atoms with Crippen molar-refractivity contribution in [1.82, 2.24) is 0 Å². The van der Waals surface area contributed by atoms with Gasteiger partial charge in [-0.25, -0.2) is 0 Å². The Morgan fingerprint density at radius 2 is 1.61 bits per heavy atom. The van der Waals surface area contributed by atoms with Crippen LogP contribution in [0.2, 0.25) is 18.1 Å². The van der Waals surface area contributed by atoms with Gasteiger partial charge >= 0.3 is 5.97 Å². The molecule has 210 valence electrons. The molecule has 0 unspecified atom stereocenters. The van der Waals surface area contributed by atoms with Gasteiger partial charge in [0, 0.05) is 12.8 Å². The second-order valence-corrected chi connectivity index (χ2v) is 18.7. The summed E-state index contributed by atoms with van der Waals surface area (Å²) in [4.78, 5) is 12.8. The highest BCUT2D eigenvalue weighted by atomic mass is 28.4. The Morgan fingerprint density at radius 3 is 2.25 bits per heavy atom. The summed E-state index contributed by atoms with van der Waals surface area (Å²) < 4.78 is 31.7. The normalized spacial score (nSPS) is 28.6. The van der Waals surface area contributed by atoms with Gasteiger partial charge in [0.15, 0.2) is 14.1 Å². The van der Waals surface area contributed by atoms with Crippen molar-refractivity contribution in [1.29, 1.82) is 0 Å². The summed E-state index contributed by atoms with van der Waals surface area (Å²) in [5.41, 5.74) is -0.496. The van der Waals surface area contributed by atoms with Crippen LogP contribution in [0.15, 0.2) is 0 Å². The fourth-order valence-corrected chi connectivity index (χ4v) is 6.91. The van der Waals surface area contributed by atoms with Gasteiger partial charge < -0.3 is 23.4 Å². The molecule has 3 rings (SSSR count). The van der Waals surface area contributed by atoms with Crippen LogP contribution in [0.3, 0.4) is 0 Å². The van der Waals surface area contributed by atoms with Crippen LogP contribution < -0.4 is 0 Å². The van der Waals surface area contributed by atoms with E-state index < -0.39 is 13.9 Å². The van der Waals surface area contributed by atoms with E-state index in [1.54, 1.807) is 0 Å². The molecule has 2 aliphatic heterocycles. The zero-order valence-electron chi connectivity index (χ0n) is 24.5. The number of ether oxygens (including phenoxy) is 4. The Morgan fingerprint density at radius 1 is 0.944 bits per heavy atom. The van der Waals surface area contributed by atoms with Gasteiger partial charge in [-0.15, -0.1) is 0 Å². The number of hydrogen-bond donors (Lipinski definition) is 0. The summed E-state index contributed by atoms with van der Waals surface area (Å²) in [6.45, 7) is 17.8. The molecule has 0 N–H and O–H groups in total. The fourth-order valence-electron chi connectivity index (χ4n) is 5.54. The van der Waals surface area contributed by atoms with Gasteiger partial charge in [0.1, 0.15) is 5.60 Å². The SMILES string of the molecule is CC(C)(C)OC(=O)C[C@@H](C[C@@H]1CCC[C@H](C[C@@H]2CCOC3(CCCCC3)O2)O1)O[Si](C)(C)C(C)(C)C. The first kappa shape index (κ1) is 30.1. The van der Waals surface area contributed by atoms with Crippen LogP contribution in [0.1, 0.15) is 119 Å². The van der Waals surface area contributed by atoms with E-state index in [-0.39, 0.29) is 47.6 Å². The van der Waals surface area contributed by atoms with Crippen LogP contribution in [0.25, 0.3) is 0 Å². The summed E-state index contributed by atoms with van der Waals surface area (Å²) in [5, 5.41) is 0.0740. The standard InChI is InChI=1S/C29H54O6Si/c1-27(2,3)34-26(30)21-25(35-36(7,8)28(4,5)6)20-23-14-12-13-22(32-23)19-24-15-18-31-29(33-24)16-10-9-11-17-29/h22-25H,9-21H2,1-8H3/t22-,23+,24+,25-/m1/s1. The molecule has 36 heavy (non-hydrogen) atoms. The van der Waals surface area contributed by atoms with Gasteiger partial charge in [-0.2, -0.15) is 0 Å². The Kier molecular flexibility index (Phi) is 10.1. The number of carbonyl (C=O) groups is 1. The minimum Gasteiger partial charge on any atom is -0.460 e. The van der Waals surface area contributed by atoms with Crippen molar-refractivity contribution in [3.05, 3.63) is 0 Å². The van der Waals surface area contributed by atoms with Crippen molar-refractivity contribution in [3.8, 4) is 0 Å². The van der Waals surface area contributed by atoms with E-state index in [0.717, 1.165) is 58.0 Å². The van der Waals surface area contributed by atoms with Crippen LogP contribution in [-0.4, -0.2) is 56.7 Å². The van der Waals surface area contributed by atoms with E-state index >= 15 is 0 Å². The highest BCUT2D eigenvalue weighted by molar-refractivity contribution is 6.74. The van der Waals surface area contributed by atoms with E-state index in [0.29, 0.717) is 0 Å². The van der Waals surface area contributed by atoms with E-state index in [9.17, 15) is 4.79 Å². The maximum Gasteiger partial charge on any atom is 0.308 e. The lowest BCUT2D eigenvalue weighted by atomic mass is 9.91. The molecule has 3 aliphatic rings. The van der Waals surface area contributed by atoms with Crippen molar-refractivity contribution in [2.75, 3.05) is 6.61 Å². The maximum atomic E-state index is 12.8. The Labute approximate surface area is 221 Å². The number of carbonyl (C=O) groups excluding carboxylic acids is 1. The molecule has 2 heterocycles. The molecule has 7 heteroatoms. The Bertz CT molecular complexity index is 698. The summed E-state index contributed by atoms with van der Waals surface area (Å²) in [6.07, 6.45) is 12.2. The van der Waals surface area contributed by atoms with Crippen molar-refractivity contribution < 1.29 is 28.2 Å². The first-order valence-corrected chi connectivity index (χ1v) is 17.4. The number of rotatable bonds is 8. The molecule has 0 amide bonds. The van der Waals surface area contributed by atoms with Crippen LogP contribution in [-0.2, 0) is 28.2 Å². The summed E-state index contributed by atoms with van der Waals surface area (Å²) in [5.74, 6) is -0.531. The van der Waals surface area contributed by atoms with E-state index in [2.05, 4.69) is 33.9 Å². The molecule has 4 atom stereocenters. The first-order valence-electron chi connectivity index (χ1n) is 14.5. The summed E-state index contributed by atoms with van der Waals surface area (Å²) >= 11 is 0. The van der Waals surface area contributed by atoms with Gasteiger partial charge in [-0.05, 0) is 90.3 Å². The maximum absolute atomic E-state index is 12.8. The number of hydrogen-bond acceptors (Lipinski definition) is 6. The Balaban J connectivity index is 1.59. The molecule has 0 bridgehead atoms. The lowest BCUT2D eigenvalue weighted by Crippen LogP contribution is -2.47. The molecular weight excluding hydrogens is 472 g/mol. The Hall–Kier alpha value is -0.473. The molecule has 1 saturated carbocycles. The van der Waals surface area contributed by atoms with Crippen molar-refractivity contribution in [2.24, 2.45) is 0 Å². The third-order valence-electron chi connectivity index (χ3n) is 8.37. The second kappa shape index (κ2) is 12.1. The molecule has 0 aromatic carbocycles. The second-order valence-electron chi connectivity index (χ2n) is 13.9. The minimum absolute atomic E-state index is 0.0740. The summed E-state index contributed by atoms with van der Waals surface area (Å²) in [7, 11) is -2.05. The molecule has 0 aromatic rings. The molecule has 0 radical (unpaired) electrons. The lowest BCUT2D eigenvalue weighted by Gasteiger charge is -2.45. The number of esters is 1. The van der Waals surface area contributed by atoms with Crippen LogP contribution in [0, 0.1) is 0 Å². The third kappa shape index (κ3) is 9.07. The lowest BCUT2D eigenvalue weighted by molar-refractivity contribution is -0.309. The molecule has 1 aliphatic carbocycles. The van der Waals surface area contributed by atoms with Crippen molar-refractivity contribution >= 4 is 14.3 Å². The molecule has 1 spiro atoms. The van der Waals surface area contributed by atoms with Crippen LogP contribution in [0.5, 0.6) is 0 Å².